The van der Waals surface area contributed by atoms with Crippen molar-refractivity contribution >= 4 is 11.7 Å². The van der Waals surface area contributed by atoms with Gasteiger partial charge in [-0.3, -0.25) is 9.48 Å². The molecule has 0 aliphatic carbocycles. The standard InChI is InChI=1S/C15H14N4O2/c1-11-9-14(18-21-11)16-15(20)10-19-8-7-13(17-19)12-5-3-2-4-6-12/h2-9H,10H2,1H3,(H,16,18,20). The number of aryl methyl sites for hydroxylation is 1. The number of anilines is 1. The van der Waals surface area contributed by atoms with Crippen LogP contribution >= 0.6 is 0 Å². The third-order valence-corrected chi connectivity index (χ3v) is 2.91. The highest BCUT2D eigenvalue weighted by atomic mass is 16.5. The lowest BCUT2D eigenvalue weighted by Crippen LogP contribution is -2.19. The van der Waals surface area contributed by atoms with Crippen LogP contribution in [-0.4, -0.2) is 20.8 Å². The predicted molar refractivity (Wildman–Crippen MR) is 77.5 cm³/mol. The van der Waals surface area contributed by atoms with E-state index in [-0.39, 0.29) is 12.5 Å². The first-order chi connectivity index (χ1) is 10.2. The SMILES string of the molecule is Cc1cc(NC(=O)Cn2ccc(-c3ccccc3)n2)no1. The smallest absolute Gasteiger partial charge is 0.247 e. The summed E-state index contributed by atoms with van der Waals surface area (Å²) in [5, 5.41) is 10.7. The van der Waals surface area contributed by atoms with Crippen LogP contribution in [0.15, 0.2) is 53.2 Å². The molecule has 0 saturated heterocycles. The number of benzene rings is 1. The van der Waals surface area contributed by atoms with Gasteiger partial charge in [0.2, 0.25) is 5.91 Å². The Hall–Kier alpha value is -2.89. The van der Waals surface area contributed by atoms with Crippen molar-refractivity contribution in [1.82, 2.24) is 14.9 Å². The summed E-state index contributed by atoms with van der Waals surface area (Å²) in [6, 6.07) is 13.4. The lowest BCUT2D eigenvalue weighted by Gasteiger charge is -2.01. The normalized spacial score (nSPS) is 10.5. The summed E-state index contributed by atoms with van der Waals surface area (Å²) in [6.45, 7) is 1.89. The minimum atomic E-state index is -0.203. The Bertz CT molecular complexity index is 746. The fourth-order valence-corrected chi connectivity index (χ4v) is 1.97. The Kier molecular flexibility index (Phi) is 3.51. The highest BCUT2D eigenvalue weighted by molar-refractivity contribution is 5.89. The second-order valence-corrected chi connectivity index (χ2v) is 4.64. The van der Waals surface area contributed by atoms with Gasteiger partial charge in [-0.1, -0.05) is 35.5 Å². The summed E-state index contributed by atoms with van der Waals surface area (Å²) >= 11 is 0. The van der Waals surface area contributed by atoms with Gasteiger partial charge in [0.05, 0.1) is 5.69 Å². The molecule has 106 valence electrons. The number of nitrogens with zero attached hydrogens (tertiary/aromatic N) is 3. The average Bonchev–Trinajstić information content (AvgIpc) is 3.09. The van der Waals surface area contributed by atoms with Crippen LogP contribution in [0.25, 0.3) is 11.3 Å². The van der Waals surface area contributed by atoms with Crippen LogP contribution in [0.2, 0.25) is 0 Å². The molecule has 3 aromatic rings. The van der Waals surface area contributed by atoms with E-state index in [1.165, 1.54) is 0 Å². The maximum atomic E-state index is 11.9. The van der Waals surface area contributed by atoms with Crippen molar-refractivity contribution in [3.63, 3.8) is 0 Å². The fourth-order valence-electron chi connectivity index (χ4n) is 1.97. The van der Waals surface area contributed by atoms with Crippen LogP contribution in [0.5, 0.6) is 0 Å². The van der Waals surface area contributed by atoms with Crippen LogP contribution in [0.3, 0.4) is 0 Å². The van der Waals surface area contributed by atoms with Gasteiger partial charge in [0.15, 0.2) is 5.82 Å². The summed E-state index contributed by atoms with van der Waals surface area (Å²) in [7, 11) is 0. The lowest BCUT2D eigenvalue weighted by molar-refractivity contribution is -0.116. The van der Waals surface area contributed by atoms with Crippen molar-refractivity contribution in [3.05, 3.63) is 54.4 Å². The lowest BCUT2D eigenvalue weighted by atomic mass is 10.2. The molecular weight excluding hydrogens is 268 g/mol. The van der Waals surface area contributed by atoms with E-state index in [2.05, 4.69) is 15.6 Å². The van der Waals surface area contributed by atoms with E-state index in [1.807, 2.05) is 36.4 Å². The van der Waals surface area contributed by atoms with E-state index in [9.17, 15) is 4.79 Å². The summed E-state index contributed by atoms with van der Waals surface area (Å²) in [5.74, 6) is 0.856. The molecule has 0 aliphatic heterocycles. The van der Waals surface area contributed by atoms with Crippen LogP contribution in [0.4, 0.5) is 5.82 Å². The maximum Gasteiger partial charge on any atom is 0.247 e. The molecule has 0 radical (unpaired) electrons. The zero-order chi connectivity index (χ0) is 14.7. The first-order valence-corrected chi connectivity index (χ1v) is 6.53. The summed E-state index contributed by atoms with van der Waals surface area (Å²) in [4.78, 5) is 11.9. The van der Waals surface area contributed by atoms with Crippen molar-refractivity contribution < 1.29 is 9.32 Å². The van der Waals surface area contributed by atoms with Crippen LogP contribution in [0, 0.1) is 6.92 Å². The van der Waals surface area contributed by atoms with E-state index < -0.39 is 0 Å². The maximum absolute atomic E-state index is 11.9. The van der Waals surface area contributed by atoms with Crippen molar-refractivity contribution in [3.8, 4) is 11.3 Å². The van der Waals surface area contributed by atoms with Gasteiger partial charge in [0, 0.05) is 17.8 Å². The van der Waals surface area contributed by atoms with Gasteiger partial charge in [-0.2, -0.15) is 5.10 Å². The summed E-state index contributed by atoms with van der Waals surface area (Å²) in [5.41, 5.74) is 1.85. The summed E-state index contributed by atoms with van der Waals surface area (Å²) in [6.07, 6.45) is 1.77. The second-order valence-electron chi connectivity index (χ2n) is 4.64. The number of rotatable bonds is 4. The highest BCUT2D eigenvalue weighted by Gasteiger charge is 2.08. The zero-order valence-corrected chi connectivity index (χ0v) is 11.5. The molecular formula is C15H14N4O2. The molecule has 0 atom stereocenters. The molecule has 0 fully saturated rings. The molecule has 2 aromatic heterocycles. The second kappa shape index (κ2) is 5.62. The number of carbonyl (C=O) groups excluding carboxylic acids is 1. The predicted octanol–water partition coefficient (Wildman–Crippen LogP) is 2.49. The van der Waals surface area contributed by atoms with Gasteiger partial charge >= 0.3 is 0 Å². The topological polar surface area (TPSA) is 73.0 Å². The largest absolute Gasteiger partial charge is 0.360 e. The highest BCUT2D eigenvalue weighted by Crippen LogP contribution is 2.15. The first-order valence-electron chi connectivity index (χ1n) is 6.53. The van der Waals surface area contributed by atoms with Gasteiger partial charge in [-0.05, 0) is 13.0 Å². The minimum absolute atomic E-state index is 0.124. The number of aromatic nitrogens is 3. The molecule has 1 amide bonds. The monoisotopic (exact) mass is 282 g/mol. The van der Waals surface area contributed by atoms with E-state index >= 15 is 0 Å². The molecule has 0 aliphatic rings. The van der Waals surface area contributed by atoms with Crippen LogP contribution in [0.1, 0.15) is 5.76 Å². The van der Waals surface area contributed by atoms with Gasteiger partial charge in [0.25, 0.3) is 0 Å². The van der Waals surface area contributed by atoms with E-state index in [0.29, 0.717) is 11.6 Å². The van der Waals surface area contributed by atoms with Gasteiger partial charge in [-0.15, -0.1) is 0 Å². The number of carbonyl (C=O) groups is 1. The van der Waals surface area contributed by atoms with Crippen molar-refractivity contribution in [2.45, 2.75) is 13.5 Å². The van der Waals surface area contributed by atoms with Crippen molar-refractivity contribution in [2.75, 3.05) is 5.32 Å². The molecule has 0 unspecified atom stereocenters. The number of nitrogens with one attached hydrogen (secondary N) is 1. The van der Waals surface area contributed by atoms with Crippen LogP contribution < -0.4 is 5.32 Å². The van der Waals surface area contributed by atoms with E-state index in [1.54, 1.807) is 23.9 Å². The molecule has 2 heterocycles. The molecule has 1 aromatic carbocycles. The van der Waals surface area contributed by atoms with E-state index in [0.717, 1.165) is 11.3 Å². The Morgan fingerprint density at radius 2 is 2.10 bits per heavy atom. The molecule has 1 N–H and O–H groups in total. The molecule has 6 heteroatoms. The Labute approximate surface area is 121 Å². The Morgan fingerprint density at radius 1 is 1.29 bits per heavy atom. The average molecular weight is 282 g/mol. The Balaban J connectivity index is 1.66. The molecule has 21 heavy (non-hydrogen) atoms. The molecule has 3 rings (SSSR count). The van der Waals surface area contributed by atoms with Gasteiger partial charge in [-0.25, -0.2) is 0 Å². The Morgan fingerprint density at radius 3 is 2.81 bits per heavy atom. The van der Waals surface area contributed by atoms with E-state index in [4.69, 9.17) is 4.52 Å². The van der Waals surface area contributed by atoms with Gasteiger partial charge in [0.1, 0.15) is 12.3 Å². The van der Waals surface area contributed by atoms with Crippen molar-refractivity contribution in [2.24, 2.45) is 0 Å². The summed E-state index contributed by atoms with van der Waals surface area (Å²) < 4.78 is 6.48. The molecule has 0 spiro atoms. The number of amides is 1. The third kappa shape index (κ3) is 3.17. The molecule has 0 saturated carbocycles. The number of hydrogen-bond acceptors (Lipinski definition) is 4. The fraction of sp³-hybridized carbons (Fsp3) is 0.133. The zero-order valence-electron chi connectivity index (χ0n) is 11.5. The quantitative estimate of drug-likeness (QED) is 0.798. The minimum Gasteiger partial charge on any atom is -0.360 e. The molecule has 0 bridgehead atoms. The van der Waals surface area contributed by atoms with Crippen molar-refractivity contribution in [1.29, 1.82) is 0 Å². The van der Waals surface area contributed by atoms with Gasteiger partial charge < -0.3 is 9.84 Å². The van der Waals surface area contributed by atoms with Crippen LogP contribution in [-0.2, 0) is 11.3 Å². The number of hydrogen-bond donors (Lipinski definition) is 1. The third-order valence-electron chi connectivity index (χ3n) is 2.91. The first kappa shape index (κ1) is 13.1. The molecule has 6 nitrogen and oxygen atoms in total.